The Morgan fingerprint density at radius 2 is 2.27 bits per heavy atom. The Hall–Kier alpha value is -1.86. The minimum absolute atomic E-state index is 0.392. The van der Waals surface area contributed by atoms with Gasteiger partial charge >= 0.3 is 0 Å². The number of nitriles is 1. The molecule has 0 saturated carbocycles. The number of nitrogens with one attached hydrogen (secondary N) is 1. The van der Waals surface area contributed by atoms with Crippen molar-refractivity contribution in [3.63, 3.8) is 0 Å². The highest BCUT2D eigenvalue weighted by atomic mass is 16.1. The van der Waals surface area contributed by atoms with Crippen molar-refractivity contribution in [2.75, 3.05) is 0 Å². The van der Waals surface area contributed by atoms with Crippen molar-refractivity contribution in [3.05, 3.63) is 35.4 Å². The molecule has 0 heterocycles. The minimum atomic E-state index is -0.399. The molecule has 1 amide bonds. The average Bonchev–Trinajstić information content (AvgIpc) is 2.26. The highest BCUT2D eigenvalue weighted by Gasteiger charge is 2.08. The number of hydrogen-bond donors (Lipinski definition) is 2. The average molecular weight is 203 g/mol. The molecule has 1 rings (SSSR count). The molecule has 0 aliphatic rings. The Bertz CT molecular complexity index is 395. The number of amides is 1. The van der Waals surface area contributed by atoms with Gasteiger partial charge in [0.15, 0.2) is 0 Å². The van der Waals surface area contributed by atoms with Crippen LogP contribution in [-0.4, -0.2) is 11.9 Å². The first-order valence-corrected chi connectivity index (χ1v) is 4.66. The lowest BCUT2D eigenvalue weighted by Gasteiger charge is -2.10. The Kier molecular flexibility index (Phi) is 3.83. The second kappa shape index (κ2) is 5.13. The molecule has 1 aromatic carbocycles. The summed E-state index contributed by atoms with van der Waals surface area (Å²) in [5.74, 6) is -0.399. The van der Waals surface area contributed by atoms with E-state index in [0.29, 0.717) is 12.1 Å². The minimum Gasteiger partial charge on any atom is -0.368 e. The van der Waals surface area contributed by atoms with Crippen LogP contribution in [0.4, 0.5) is 0 Å². The van der Waals surface area contributed by atoms with Crippen LogP contribution in [0.1, 0.15) is 18.1 Å². The highest BCUT2D eigenvalue weighted by molar-refractivity contribution is 5.79. The molecular formula is C11H13N3O. The Morgan fingerprint density at radius 3 is 2.87 bits per heavy atom. The quantitative estimate of drug-likeness (QED) is 0.748. The number of nitrogens with zero attached hydrogens (tertiary/aromatic N) is 1. The van der Waals surface area contributed by atoms with E-state index in [0.717, 1.165) is 5.56 Å². The molecule has 0 aliphatic heterocycles. The lowest BCUT2D eigenvalue weighted by molar-refractivity contribution is -0.119. The van der Waals surface area contributed by atoms with Crippen LogP contribution in [-0.2, 0) is 11.3 Å². The Balaban J connectivity index is 2.66. The Labute approximate surface area is 88.7 Å². The summed E-state index contributed by atoms with van der Waals surface area (Å²) in [5, 5.41) is 11.8. The van der Waals surface area contributed by atoms with E-state index in [9.17, 15) is 4.79 Å². The molecule has 0 bridgehead atoms. The van der Waals surface area contributed by atoms with Crippen LogP contribution in [0, 0.1) is 11.3 Å². The van der Waals surface area contributed by atoms with Crippen molar-refractivity contribution < 1.29 is 4.79 Å². The molecule has 0 unspecified atom stereocenters. The summed E-state index contributed by atoms with van der Waals surface area (Å²) in [7, 11) is 0. The first-order valence-electron chi connectivity index (χ1n) is 4.66. The van der Waals surface area contributed by atoms with Crippen molar-refractivity contribution >= 4 is 5.91 Å². The van der Waals surface area contributed by atoms with Gasteiger partial charge in [-0.05, 0) is 18.6 Å². The molecule has 1 aromatic rings. The molecule has 4 heteroatoms. The van der Waals surface area contributed by atoms with E-state index in [-0.39, 0.29) is 0 Å². The normalized spacial score (nSPS) is 11.7. The number of benzene rings is 1. The third-order valence-electron chi connectivity index (χ3n) is 2.16. The van der Waals surface area contributed by atoms with E-state index in [2.05, 4.69) is 11.4 Å². The van der Waals surface area contributed by atoms with Crippen molar-refractivity contribution in [2.45, 2.75) is 19.5 Å². The second-order valence-corrected chi connectivity index (χ2v) is 3.27. The number of carbonyl (C=O) groups is 1. The van der Waals surface area contributed by atoms with Gasteiger partial charge in [-0.3, -0.25) is 4.79 Å². The van der Waals surface area contributed by atoms with Gasteiger partial charge in [0.25, 0.3) is 0 Å². The molecule has 1 atom stereocenters. The SMILES string of the molecule is C[C@H](NCc1ccccc1C#N)C(N)=O. The van der Waals surface area contributed by atoms with Crippen LogP contribution in [0.15, 0.2) is 24.3 Å². The second-order valence-electron chi connectivity index (χ2n) is 3.27. The van der Waals surface area contributed by atoms with Crippen LogP contribution in [0.25, 0.3) is 0 Å². The van der Waals surface area contributed by atoms with Crippen molar-refractivity contribution in [2.24, 2.45) is 5.73 Å². The summed E-state index contributed by atoms with van der Waals surface area (Å²) in [6, 6.07) is 8.95. The number of rotatable bonds is 4. The van der Waals surface area contributed by atoms with Crippen molar-refractivity contribution in [1.82, 2.24) is 5.32 Å². The first kappa shape index (κ1) is 11.2. The molecule has 0 aromatic heterocycles. The van der Waals surface area contributed by atoms with Gasteiger partial charge < -0.3 is 11.1 Å². The maximum absolute atomic E-state index is 10.8. The largest absolute Gasteiger partial charge is 0.368 e. The lowest BCUT2D eigenvalue weighted by Crippen LogP contribution is -2.38. The summed E-state index contributed by atoms with van der Waals surface area (Å²) >= 11 is 0. The lowest BCUT2D eigenvalue weighted by atomic mass is 10.1. The van der Waals surface area contributed by atoms with Gasteiger partial charge in [0.05, 0.1) is 17.7 Å². The molecule has 3 N–H and O–H groups in total. The standard InChI is InChI=1S/C11H13N3O/c1-8(11(13)15)14-7-10-5-3-2-4-9(10)6-12/h2-5,8,14H,7H2,1H3,(H2,13,15)/t8-/m0/s1. The smallest absolute Gasteiger partial charge is 0.234 e. The van der Waals surface area contributed by atoms with Crippen LogP contribution in [0.3, 0.4) is 0 Å². The summed E-state index contributed by atoms with van der Waals surface area (Å²) in [5.41, 5.74) is 6.59. The molecule has 0 aliphatic carbocycles. The van der Waals surface area contributed by atoms with Crippen molar-refractivity contribution in [3.8, 4) is 6.07 Å². The van der Waals surface area contributed by atoms with E-state index in [4.69, 9.17) is 11.0 Å². The third kappa shape index (κ3) is 3.08. The van der Waals surface area contributed by atoms with Crippen LogP contribution >= 0.6 is 0 Å². The van der Waals surface area contributed by atoms with Crippen LogP contribution < -0.4 is 11.1 Å². The summed E-state index contributed by atoms with van der Waals surface area (Å²) in [6.45, 7) is 2.16. The zero-order valence-electron chi connectivity index (χ0n) is 8.53. The van der Waals surface area contributed by atoms with Gasteiger partial charge in [0, 0.05) is 6.54 Å². The number of hydrogen-bond acceptors (Lipinski definition) is 3. The fourth-order valence-electron chi connectivity index (χ4n) is 1.15. The molecule has 0 radical (unpaired) electrons. The zero-order chi connectivity index (χ0) is 11.3. The maximum atomic E-state index is 10.8. The van der Waals surface area contributed by atoms with Gasteiger partial charge in [-0.1, -0.05) is 18.2 Å². The van der Waals surface area contributed by atoms with Crippen LogP contribution in [0.5, 0.6) is 0 Å². The van der Waals surface area contributed by atoms with Gasteiger partial charge in [-0.15, -0.1) is 0 Å². The van der Waals surface area contributed by atoms with Crippen molar-refractivity contribution in [1.29, 1.82) is 5.26 Å². The number of nitrogens with two attached hydrogens (primary N) is 1. The van der Waals surface area contributed by atoms with Crippen LogP contribution in [0.2, 0.25) is 0 Å². The number of carbonyl (C=O) groups excluding carboxylic acids is 1. The fraction of sp³-hybridized carbons (Fsp3) is 0.273. The zero-order valence-corrected chi connectivity index (χ0v) is 8.53. The molecule has 0 fully saturated rings. The highest BCUT2D eigenvalue weighted by Crippen LogP contribution is 2.06. The summed E-state index contributed by atoms with van der Waals surface area (Å²) in [6.07, 6.45) is 0. The molecular weight excluding hydrogens is 190 g/mol. The van der Waals surface area contributed by atoms with Gasteiger partial charge in [-0.25, -0.2) is 0 Å². The molecule has 0 spiro atoms. The molecule has 0 saturated heterocycles. The fourth-order valence-corrected chi connectivity index (χ4v) is 1.15. The van der Waals surface area contributed by atoms with Gasteiger partial charge in [0.1, 0.15) is 0 Å². The maximum Gasteiger partial charge on any atom is 0.234 e. The van der Waals surface area contributed by atoms with E-state index < -0.39 is 11.9 Å². The van der Waals surface area contributed by atoms with E-state index in [1.807, 2.05) is 12.1 Å². The molecule has 78 valence electrons. The van der Waals surface area contributed by atoms with Gasteiger partial charge in [-0.2, -0.15) is 5.26 Å². The van der Waals surface area contributed by atoms with E-state index in [1.54, 1.807) is 19.1 Å². The van der Waals surface area contributed by atoms with E-state index >= 15 is 0 Å². The molecule has 15 heavy (non-hydrogen) atoms. The third-order valence-corrected chi connectivity index (χ3v) is 2.16. The van der Waals surface area contributed by atoms with Gasteiger partial charge in [0.2, 0.25) is 5.91 Å². The Morgan fingerprint density at radius 1 is 1.60 bits per heavy atom. The number of primary amides is 1. The predicted molar refractivity (Wildman–Crippen MR) is 56.7 cm³/mol. The summed E-state index contributed by atoms with van der Waals surface area (Å²) in [4.78, 5) is 10.8. The molecule has 4 nitrogen and oxygen atoms in total. The predicted octanol–water partition coefficient (Wildman–Crippen LogP) is 0.522. The topological polar surface area (TPSA) is 78.9 Å². The first-order chi connectivity index (χ1) is 7.15. The monoisotopic (exact) mass is 203 g/mol. The van der Waals surface area contributed by atoms with E-state index in [1.165, 1.54) is 0 Å². The summed E-state index contributed by atoms with van der Waals surface area (Å²) < 4.78 is 0.